The molecule has 0 radical (unpaired) electrons. The van der Waals surface area contributed by atoms with Crippen molar-refractivity contribution in [3.63, 3.8) is 0 Å². The number of hydrogen-bond acceptors (Lipinski definition) is 4. The van der Waals surface area contributed by atoms with E-state index in [1.165, 1.54) is 5.56 Å². The van der Waals surface area contributed by atoms with E-state index in [0.29, 0.717) is 11.3 Å². The van der Waals surface area contributed by atoms with Crippen LogP contribution in [0, 0.1) is 32.1 Å². The molecule has 2 aromatic carbocycles. The topological polar surface area (TPSA) is 87.4 Å². The van der Waals surface area contributed by atoms with Crippen molar-refractivity contribution in [3.05, 3.63) is 98.6 Å². The van der Waals surface area contributed by atoms with Gasteiger partial charge in [-0.1, -0.05) is 42.0 Å². The van der Waals surface area contributed by atoms with Crippen LogP contribution in [0.5, 0.6) is 0 Å². The van der Waals surface area contributed by atoms with Crippen LogP contribution < -0.4 is 5.56 Å². The van der Waals surface area contributed by atoms with E-state index in [0.717, 1.165) is 28.1 Å². The molecule has 1 N–H and O–H groups in total. The van der Waals surface area contributed by atoms with Gasteiger partial charge in [0.25, 0.3) is 5.56 Å². The molecule has 4 aromatic rings. The summed E-state index contributed by atoms with van der Waals surface area (Å²) in [6.07, 6.45) is 5.67. The predicted octanol–water partition coefficient (Wildman–Crippen LogP) is 4.59. The summed E-state index contributed by atoms with van der Waals surface area (Å²) < 4.78 is 1.85. The largest absolute Gasteiger partial charge is 0.282 e. The molecule has 6 nitrogen and oxygen atoms in total. The lowest BCUT2D eigenvalue weighted by Crippen LogP contribution is -2.15. The number of rotatable bonds is 4. The molecule has 6 heteroatoms. The first-order valence-corrected chi connectivity index (χ1v) is 9.88. The summed E-state index contributed by atoms with van der Waals surface area (Å²) in [5, 5.41) is 20.6. The van der Waals surface area contributed by atoms with Gasteiger partial charge < -0.3 is 0 Å². The lowest BCUT2D eigenvalue weighted by atomic mass is 10.0. The van der Waals surface area contributed by atoms with Gasteiger partial charge in [-0.25, -0.2) is 9.78 Å². The van der Waals surface area contributed by atoms with Crippen LogP contribution in [0.2, 0.25) is 0 Å². The first-order valence-electron chi connectivity index (χ1n) is 9.88. The minimum atomic E-state index is -0.481. The average Bonchev–Trinajstić information content (AvgIpc) is 3.18. The molecule has 2 heterocycles. The molecule has 2 aromatic heterocycles. The molecule has 0 amide bonds. The van der Waals surface area contributed by atoms with Gasteiger partial charge >= 0.3 is 0 Å². The Kier molecular flexibility index (Phi) is 5.33. The van der Waals surface area contributed by atoms with Gasteiger partial charge in [0, 0.05) is 17.3 Å². The Hall–Kier alpha value is -4.24. The number of nitrogens with zero attached hydrogens (tertiary/aromatic N) is 4. The quantitative estimate of drug-likeness (QED) is 0.536. The molecule has 0 saturated carbocycles. The highest BCUT2D eigenvalue weighted by atomic mass is 16.1. The van der Waals surface area contributed by atoms with Gasteiger partial charge in [-0.3, -0.25) is 4.79 Å². The van der Waals surface area contributed by atoms with Crippen molar-refractivity contribution >= 4 is 12.2 Å². The van der Waals surface area contributed by atoms with Crippen LogP contribution in [0.25, 0.3) is 29.1 Å². The van der Waals surface area contributed by atoms with E-state index in [-0.39, 0.29) is 5.56 Å². The van der Waals surface area contributed by atoms with Crippen LogP contribution in [-0.2, 0) is 0 Å². The molecular weight excluding hydrogens is 386 g/mol. The van der Waals surface area contributed by atoms with Crippen LogP contribution in [-0.4, -0.2) is 20.0 Å². The third kappa shape index (κ3) is 3.94. The summed E-state index contributed by atoms with van der Waals surface area (Å²) in [6, 6.07) is 18.1. The van der Waals surface area contributed by atoms with E-state index in [1.54, 1.807) is 13.0 Å². The van der Waals surface area contributed by atoms with Crippen LogP contribution >= 0.6 is 0 Å². The first kappa shape index (κ1) is 20.0. The van der Waals surface area contributed by atoms with Gasteiger partial charge in [-0.15, -0.1) is 0 Å². The number of aromatic amines is 1. The molecule has 4 rings (SSSR count). The van der Waals surface area contributed by atoms with E-state index >= 15 is 0 Å². The Bertz CT molecular complexity index is 1390. The lowest BCUT2D eigenvalue weighted by Gasteiger charge is -2.06. The number of benzene rings is 2. The number of nitrogens with one attached hydrogen (secondary N) is 1. The molecule has 0 bridgehead atoms. The highest BCUT2D eigenvalue weighted by molar-refractivity contribution is 5.80. The van der Waals surface area contributed by atoms with Gasteiger partial charge in [0.05, 0.1) is 11.4 Å². The number of aromatic nitrogens is 4. The molecule has 0 atom stereocenters. The molecule has 152 valence electrons. The van der Waals surface area contributed by atoms with Crippen LogP contribution in [0.3, 0.4) is 0 Å². The van der Waals surface area contributed by atoms with Crippen LogP contribution in [0.1, 0.15) is 33.5 Å². The number of nitriles is 1. The molecule has 0 aliphatic heterocycles. The Morgan fingerprint density at radius 3 is 2.55 bits per heavy atom. The Morgan fingerprint density at radius 2 is 1.84 bits per heavy atom. The molecule has 31 heavy (non-hydrogen) atoms. The molecular formula is C25H21N5O. The summed E-state index contributed by atoms with van der Waals surface area (Å²) in [6.45, 7) is 5.86. The fourth-order valence-corrected chi connectivity index (χ4v) is 3.53. The van der Waals surface area contributed by atoms with Crippen molar-refractivity contribution in [1.82, 2.24) is 20.0 Å². The molecule has 0 aliphatic carbocycles. The average molecular weight is 407 g/mol. The van der Waals surface area contributed by atoms with Crippen molar-refractivity contribution in [3.8, 4) is 23.0 Å². The first-order chi connectivity index (χ1) is 15.0. The predicted molar refractivity (Wildman–Crippen MR) is 122 cm³/mol. The van der Waals surface area contributed by atoms with Gasteiger partial charge in [0.15, 0.2) is 0 Å². The Labute approximate surface area is 180 Å². The Morgan fingerprint density at radius 1 is 1.06 bits per heavy atom. The zero-order chi connectivity index (χ0) is 22.0. The second kappa shape index (κ2) is 8.25. The summed E-state index contributed by atoms with van der Waals surface area (Å²) >= 11 is 0. The second-order valence-electron chi connectivity index (χ2n) is 7.41. The van der Waals surface area contributed by atoms with E-state index in [1.807, 2.05) is 53.4 Å². The highest BCUT2D eigenvalue weighted by Gasteiger charge is 2.14. The van der Waals surface area contributed by atoms with E-state index in [9.17, 15) is 10.1 Å². The molecule has 0 fully saturated rings. The van der Waals surface area contributed by atoms with E-state index < -0.39 is 5.56 Å². The third-order valence-electron chi connectivity index (χ3n) is 5.20. The van der Waals surface area contributed by atoms with Crippen molar-refractivity contribution < 1.29 is 0 Å². The van der Waals surface area contributed by atoms with Gasteiger partial charge in [0.2, 0.25) is 0 Å². The summed E-state index contributed by atoms with van der Waals surface area (Å²) in [5.41, 5.74) is 6.76. The van der Waals surface area contributed by atoms with E-state index in [4.69, 9.17) is 5.10 Å². The van der Waals surface area contributed by atoms with Crippen LogP contribution in [0.15, 0.2) is 59.5 Å². The summed E-state index contributed by atoms with van der Waals surface area (Å²) in [5.74, 6) is 0. The van der Waals surface area contributed by atoms with Gasteiger partial charge in [-0.05, 0) is 56.2 Å². The van der Waals surface area contributed by atoms with Crippen molar-refractivity contribution in [2.75, 3.05) is 0 Å². The Balaban J connectivity index is 1.85. The number of aryl methyl sites for hydroxylation is 2. The maximum Gasteiger partial charge on any atom is 0.282 e. The van der Waals surface area contributed by atoms with Crippen LogP contribution in [0.4, 0.5) is 0 Å². The SMILES string of the molecule is Cc1ccc(-c2nn(-c3ccccc3)cc2/C=C/c2n[nH]c(=O)c(C#N)c2C)c(C)c1. The zero-order valence-electron chi connectivity index (χ0n) is 17.5. The third-order valence-corrected chi connectivity index (χ3v) is 5.20. The van der Waals surface area contributed by atoms with E-state index in [2.05, 4.69) is 42.2 Å². The summed E-state index contributed by atoms with van der Waals surface area (Å²) in [7, 11) is 0. The normalized spacial score (nSPS) is 11.0. The fraction of sp³-hybridized carbons (Fsp3) is 0.120. The second-order valence-corrected chi connectivity index (χ2v) is 7.41. The molecule has 0 aliphatic rings. The maximum atomic E-state index is 11.8. The van der Waals surface area contributed by atoms with Gasteiger partial charge in [-0.2, -0.15) is 15.5 Å². The lowest BCUT2D eigenvalue weighted by molar-refractivity contribution is 0.884. The number of para-hydroxylation sites is 1. The summed E-state index contributed by atoms with van der Waals surface area (Å²) in [4.78, 5) is 11.8. The molecule has 0 spiro atoms. The standard InChI is InChI=1S/C25H21N5O/c1-16-9-11-21(17(2)13-16)24-19(15-30(29-24)20-7-5-4-6-8-20)10-12-23-18(3)22(14-26)25(31)28-27-23/h4-13,15H,1-3H3,(H,28,31)/b12-10+. The minimum absolute atomic E-state index is 0.0734. The number of H-pyrrole nitrogens is 1. The number of hydrogen-bond donors (Lipinski definition) is 1. The molecule has 0 unspecified atom stereocenters. The monoisotopic (exact) mass is 407 g/mol. The highest BCUT2D eigenvalue weighted by Crippen LogP contribution is 2.29. The van der Waals surface area contributed by atoms with Gasteiger partial charge in [0.1, 0.15) is 17.3 Å². The van der Waals surface area contributed by atoms with Crippen molar-refractivity contribution in [2.45, 2.75) is 20.8 Å². The van der Waals surface area contributed by atoms with Crippen molar-refractivity contribution in [2.24, 2.45) is 0 Å². The zero-order valence-corrected chi connectivity index (χ0v) is 17.5. The minimum Gasteiger partial charge on any atom is -0.267 e. The van der Waals surface area contributed by atoms with Crippen molar-refractivity contribution in [1.29, 1.82) is 5.26 Å². The smallest absolute Gasteiger partial charge is 0.267 e. The molecule has 0 saturated heterocycles. The maximum absolute atomic E-state index is 11.8. The fourth-order valence-electron chi connectivity index (χ4n) is 3.53.